The minimum atomic E-state index is 0.210. The monoisotopic (exact) mass is 386 g/mol. The molecule has 0 aliphatic carbocycles. The minimum absolute atomic E-state index is 0.210. The lowest BCUT2D eigenvalue weighted by Gasteiger charge is -2.11. The Hall–Kier alpha value is -1.52. The molecule has 98 valence electrons. The molecule has 0 atom stereocenters. The van der Waals surface area contributed by atoms with Crippen LogP contribution in [0.5, 0.6) is 5.75 Å². The van der Waals surface area contributed by atoms with Gasteiger partial charge in [0, 0.05) is 6.07 Å². The standard InChI is InChI=1S/C12H8Br2N2O3/c1-2-19-8-3-4-9-10(5-8)16(18)12(7-14)11(6-13)15(9)17/h1,3-5H,6-7H2. The normalized spacial score (nSPS) is 10.4. The van der Waals surface area contributed by atoms with Crippen LogP contribution in [0.3, 0.4) is 0 Å². The first-order valence-electron chi connectivity index (χ1n) is 5.19. The summed E-state index contributed by atoms with van der Waals surface area (Å²) in [6, 6.07) is 4.50. The molecule has 1 aromatic heterocycles. The highest BCUT2D eigenvalue weighted by atomic mass is 79.9. The van der Waals surface area contributed by atoms with Crippen LogP contribution in [0.1, 0.15) is 11.4 Å². The van der Waals surface area contributed by atoms with Crippen LogP contribution in [-0.2, 0) is 10.7 Å². The van der Waals surface area contributed by atoms with E-state index < -0.39 is 0 Å². The molecule has 5 nitrogen and oxygen atoms in total. The molecule has 0 N–H and O–H groups in total. The fraction of sp³-hybridized carbons (Fsp3) is 0.167. The molecule has 0 spiro atoms. The van der Waals surface area contributed by atoms with Crippen LogP contribution < -0.4 is 14.2 Å². The summed E-state index contributed by atoms with van der Waals surface area (Å²) >= 11 is 6.43. The third-order valence-electron chi connectivity index (χ3n) is 2.64. The number of halogens is 2. The van der Waals surface area contributed by atoms with Crippen molar-refractivity contribution in [3.63, 3.8) is 0 Å². The Morgan fingerprint density at radius 3 is 2.21 bits per heavy atom. The average molecular weight is 388 g/mol. The van der Waals surface area contributed by atoms with E-state index in [0.717, 1.165) is 4.73 Å². The lowest BCUT2D eigenvalue weighted by atomic mass is 10.2. The van der Waals surface area contributed by atoms with Gasteiger partial charge in [-0.05, 0) is 6.07 Å². The predicted molar refractivity (Wildman–Crippen MR) is 76.6 cm³/mol. The van der Waals surface area contributed by atoms with Gasteiger partial charge in [-0.3, -0.25) is 0 Å². The van der Waals surface area contributed by atoms with E-state index in [-0.39, 0.29) is 21.7 Å². The zero-order valence-corrected chi connectivity index (χ0v) is 12.8. The van der Waals surface area contributed by atoms with Gasteiger partial charge in [-0.2, -0.15) is 9.46 Å². The number of ether oxygens (including phenoxy) is 1. The Kier molecular flexibility index (Phi) is 4.12. The van der Waals surface area contributed by atoms with Gasteiger partial charge in [0.05, 0.1) is 16.7 Å². The molecule has 1 aromatic carbocycles. The third kappa shape index (κ3) is 2.33. The number of fused-ring (bicyclic) bond motifs is 1. The Morgan fingerprint density at radius 2 is 1.68 bits per heavy atom. The summed E-state index contributed by atoms with van der Waals surface area (Å²) in [6.07, 6.45) is 7.06. The van der Waals surface area contributed by atoms with E-state index in [2.05, 4.69) is 31.9 Å². The lowest BCUT2D eigenvalue weighted by molar-refractivity contribution is -0.638. The predicted octanol–water partition coefficient (Wildman–Crippen LogP) is 1.87. The number of alkyl halides is 2. The van der Waals surface area contributed by atoms with Crippen LogP contribution in [0, 0.1) is 22.9 Å². The smallest absolute Gasteiger partial charge is 0.294 e. The molecular weight excluding hydrogens is 380 g/mol. The molecule has 0 radical (unpaired) electrons. The SMILES string of the molecule is C#COc1ccc2c(c1)[n+]([O-])c(CBr)c(CBr)[n+]2[O-]. The molecule has 2 aromatic rings. The molecule has 1 heterocycles. The fourth-order valence-corrected chi connectivity index (χ4v) is 2.86. The van der Waals surface area contributed by atoms with Crippen LogP contribution in [0.2, 0.25) is 0 Å². The lowest BCUT2D eigenvalue weighted by Crippen LogP contribution is -2.45. The number of terminal acetylenes is 1. The number of hydrogen-bond donors (Lipinski definition) is 0. The van der Waals surface area contributed by atoms with Crippen molar-refractivity contribution in [1.82, 2.24) is 0 Å². The second-order valence-electron chi connectivity index (χ2n) is 3.62. The summed E-state index contributed by atoms with van der Waals surface area (Å²) in [7, 11) is 0. The van der Waals surface area contributed by atoms with Crippen molar-refractivity contribution in [2.24, 2.45) is 0 Å². The van der Waals surface area contributed by atoms with E-state index in [9.17, 15) is 10.4 Å². The summed E-state index contributed by atoms with van der Waals surface area (Å²) in [5.74, 6) is 0.340. The van der Waals surface area contributed by atoms with Crippen LogP contribution in [0.25, 0.3) is 11.0 Å². The van der Waals surface area contributed by atoms with Crippen molar-refractivity contribution in [1.29, 1.82) is 0 Å². The number of hydrogen-bond acceptors (Lipinski definition) is 3. The number of aromatic nitrogens is 2. The molecule has 7 heteroatoms. The number of rotatable bonds is 3. The van der Waals surface area contributed by atoms with E-state index in [1.165, 1.54) is 12.1 Å². The van der Waals surface area contributed by atoms with Crippen molar-refractivity contribution in [2.45, 2.75) is 10.7 Å². The summed E-state index contributed by atoms with van der Waals surface area (Å²) in [5.41, 5.74) is 1.18. The average Bonchev–Trinajstić information content (AvgIpc) is 2.42. The molecule has 0 aliphatic heterocycles. The van der Waals surface area contributed by atoms with Gasteiger partial charge >= 0.3 is 0 Å². The summed E-state index contributed by atoms with van der Waals surface area (Å²) < 4.78 is 6.32. The largest absolute Gasteiger partial charge is 0.618 e. The van der Waals surface area contributed by atoms with Crippen molar-refractivity contribution in [3.05, 3.63) is 40.0 Å². The zero-order valence-electron chi connectivity index (χ0n) is 9.60. The summed E-state index contributed by atoms with van der Waals surface area (Å²) in [6.45, 7) is 0. The second kappa shape index (κ2) is 5.63. The molecule has 0 amide bonds. The van der Waals surface area contributed by atoms with Crippen LogP contribution in [-0.4, -0.2) is 0 Å². The van der Waals surface area contributed by atoms with Crippen molar-refractivity contribution >= 4 is 42.9 Å². The molecule has 19 heavy (non-hydrogen) atoms. The highest BCUT2D eigenvalue weighted by molar-refractivity contribution is 9.09. The molecule has 0 saturated heterocycles. The first kappa shape index (κ1) is 13.9. The molecule has 2 rings (SSSR count). The number of nitrogens with zero attached hydrogens (tertiary/aromatic N) is 2. The highest BCUT2D eigenvalue weighted by Gasteiger charge is 2.26. The Morgan fingerprint density at radius 1 is 1.11 bits per heavy atom. The topological polar surface area (TPSA) is 63.1 Å². The molecule has 0 unspecified atom stereocenters. The summed E-state index contributed by atoms with van der Waals surface area (Å²) in [4.78, 5) is 0. The van der Waals surface area contributed by atoms with Gasteiger partial charge in [-0.1, -0.05) is 38.3 Å². The fourth-order valence-electron chi connectivity index (χ4n) is 1.76. The molecule has 0 fully saturated rings. The third-order valence-corrected chi connectivity index (χ3v) is 3.70. The van der Waals surface area contributed by atoms with E-state index >= 15 is 0 Å². The Labute approximate surface area is 126 Å². The second-order valence-corrected chi connectivity index (χ2v) is 4.74. The van der Waals surface area contributed by atoms with Crippen LogP contribution in [0.15, 0.2) is 18.2 Å². The highest BCUT2D eigenvalue weighted by Crippen LogP contribution is 2.19. The molecular formula is C12H8Br2N2O3. The van der Waals surface area contributed by atoms with Crippen LogP contribution in [0.4, 0.5) is 0 Å². The molecule has 0 saturated carbocycles. The first-order valence-corrected chi connectivity index (χ1v) is 7.43. The van der Waals surface area contributed by atoms with Gasteiger partial charge in [-0.25, -0.2) is 0 Å². The van der Waals surface area contributed by atoms with Crippen molar-refractivity contribution in [2.75, 3.05) is 0 Å². The zero-order chi connectivity index (χ0) is 14.0. The van der Waals surface area contributed by atoms with E-state index in [0.29, 0.717) is 21.9 Å². The van der Waals surface area contributed by atoms with Crippen LogP contribution >= 0.6 is 31.9 Å². The van der Waals surface area contributed by atoms with Gasteiger partial charge in [0.25, 0.3) is 22.4 Å². The molecule has 0 bridgehead atoms. The van der Waals surface area contributed by atoms with E-state index in [1.807, 2.05) is 6.11 Å². The quantitative estimate of drug-likeness (QED) is 0.349. The van der Waals surface area contributed by atoms with E-state index in [4.69, 9.17) is 11.2 Å². The van der Waals surface area contributed by atoms with Gasteiger partial charge in [0.2, 0.25) is 0 Å². The maximum atomic E-state index is 12.3. The van der Waals surface area contributed by atoms with Crippen molar-refractivity contribution < 1.29 is 14.2 Å². The van der Waals surface area contributed by atoms with Gasteiger partial charge in [0.15, 0.2) is 0 Å². The van der Waals surface area contributed by atoms with Gasteiger partial charge in [-0.15, -0.1) is 0 Å². The van der Waals surface area contributed by atoms with Gasteiger partial charge < -0.3 is 15.2 Å². The maximum Gasteiger partial charge on any atom is 0.294 e. The van der Waals surface area contributed by atoms with Crippen molar-refractivity contribution in [3.8, 4) is 18.3 Å². The first-order chi connectivity index (χ1) is 9.13. The number of benzene rings is 1. The maximum absolute atomic E-state index is 12.3. The Bertz CT molecular complexity index is 683. The minimum Gasteiger partial charge on any atom is -0.618 e. The van der Waals surface area contributed by atoms with E-state index in [1.54, 1.807) is 6.07 Å². The Balaban J connectivity index is 2.82. The van der Waals surface area contributed by atoms with Gasteiger partial charge in [0.1, 0.15) is 11.9 Å². The molecule has 0 aliphatic rings. The summed E-state index contributed by atoms with van der Waals surface area (Å²) in [5, 5.41) is 25.0.